The van der Waals surface area contributed by atoms with Gasteiger partial charge in [-0.3, -0.25) is 4.79 Å². The first kappa shape index (κ1) is 10.7. The number of benzene rings is 1. The molecular weight excluding hydrogens is 200 g/mol. The molecule has 0 aliphatic heterocycles. The van der Waals surface area contributed by atoms with Gasteiger partial charge in [0, 0.05) is 11.5 Å². The largest absolute Gasteiger partial charge is 0.497 e. The molecule has 1 aromatic rings. The molecule has 0 N–H and O–H groups in total. The fourth-order valence-corrected chi connectivity index (χ4v) is 1.76. The van der Waals surface area contributed by atoms with Gasteiger partial charge in [-0.05, 0) is 18.6 Å². The van der Waals surface area contributed by atoms with Crippen molar-refractivity contribution in [2.24, 2.45) is 5.92 Å². The van der Waals surface area contributed by atoms with Gasteiger partial charge in [-0.15, -0.1) is 0 Å². The molecule has 0 saturated heterocycles. The summed E-state index contributed by atoms with van der Waals surface area (Å²) in [5.74, 6) is 0.946. The SMILES string of the molecule is COC1=CCC(C(=O)c2ccccc2)C=C1. The minimum atomic E-state index is -0.0544. The molecule has 1 atom stereocenters. The van der Waals surface area contributed by atoms with Gasteiger partial charge in [-0.1, -0.05) is 36.4 Å². The zero-order valence-corrected chi connectivity index (χ0v) is 9.22. The fraction of sp³-hybridized carbons (Fsp3) is 0.214. The van der Waals surface area contributed by atoms with Gasteiger partial charge in [-0.2, -0.15) is 0 Å². The maximum Gasteiger partial charge on any atom is 0.170 e. The second-order valence-corrected chi connectivity index (χ2v) is 3.74. The number of Topliss-reactive ketones (excluding diaryl/α,β-unsaturated/α-hetero) is 1. The lowest BCUT2D eigenvalue weighted by molar-refractivity contribution is 0.0944. The number of rotatable bonds is 3. The summed E-state index contributed by atoms with van der Waals surface area (Å²) in [6.45, 7) is 0. The van der Waals surface area contributed by atoms with Crippen molar-refractivity contribution in [3.63, 3.8) is 0 Å². The van der Waals surface area contributed by atoms with Crippen LogP contribution in [-0.4, -0.2) is 12.9 Å². The Hall–Kier alpha value is -1.83. The van der Waals surface area contributed by atoms with E-state index in [4.69, 9.17) is 4.74 Å². The third-order valence-corrected chi connectivity index (χ3v) is 2.70. The van der Waals surface area contributed by atoms with Crippen molar-refractivity contribution < 1.29 is 9.53 Å². The quantitative estimate of drug-likeness (QED) is 0.723. The Morgan fingerprint density at radius 2 is 2.06 bits per heavy atom. The third kappa shape index (κ3) is 2.22. The van der Waals surface area contributed by atoms with E-state index in [2.05, 4.69) is 0 Å². The highest BCUT2D eigenvalue weighted by Gasteiger charge is 2.18. The summed E-state index contributed by atoms with van der Waals surface area (Å²) in [6.07, 6.45) is 6.43. The van der Waals surface area contributed by atoms with Gasteiger partial charge in [0.1, 0.15) is 5.76 Å². The minimum absolute atomic E-state index is 0.0544. The van der Waals surface area contributed by atoms with Crippen LogP contribution in [0, 0.1) is 5.92 Å². The Labute approximate surface area is 95.2 Å². The molecule has 2 rings (SSSR count). The second-order valence-electron chi connectivity index (χ2n) is 3.74. The molecule has 0 heterocycles. The molecule has 0 amide bonds. The molecule has 1 unspecified atom stereocenters. The van der Waals surface area contributed by atoms with E-state index in [1.54, 1.807) is 7.11 Å². The van der Waals surface area contributed by atoms with Crippen LogP contribution in [0.25, 0.3) is 0 Å². The maximum absolute atomic E-state index is 12.1. The van der Waals surface area contributed by atoms with Crippen molar-refractivity contribution >= 4 is 5.78 Å². The Morgan fingerprint density at radius 3 is 2.62 bits per heavy atom. The van der Waals surface area contributed by atoms with Gasteiger partial charge in [0.2, 0.25) is 0 Å². The normalized spacial score (nSPS) is 19.1. The molecule has 0 saturated carbocycles. The van der Waals surface area contributed by atoms with Crippen LogP contribution < -0.4 is 0 Å². The minimum Gasteiger partial charge on any atom is -0.497 e. The second kappa shape index (κ2) is 4.79. The van der Waals surface area contributed by atoms with Crippen LogP contribution in [0.3, 0.4) is 0 Å². The van der Waals surface area contributed by atoms with E-state index in [-0.39, 0.29) is 11.7 Å². The van der Waals surface area contributed by atoms with E-state index in [0.717, 1.165) is 11.3 Å². The van der Waals surface area contributed by atoms with Crippen molar-refractivity contribution in [2.75, 3.05) is 7.11 Å². The fourth-order valence-electron chi connectivity index (χ4n) is 1.76. The van der Waals surface area contributed by atoms with Crippen LogP contribution in [0.4, 0.5) is 0 Å². The zero-order valence-electron chi connectivity index (χ0n) is 9.22. The highest BCUT2D eigenvalue weighted by Crippen LogP contribution is 2.20. The van der Waals surface area contributed by atoms with E-state index in [0.29, 0.717) is 6.42 Å². The first-order valence-corrected chi connectivity index (χ1v) is 5.33. The lowest BCUT2D eigenvalue weighted by Gasteiger charge is -2.14. The highest BCUT2D eigenvalue weighted by molar-refractivity contribution is 5.99. The summed E-state index contributed by atoms with van der Waals surface area (Å²) in [7, 11) is 1.63. The van der Waals surface area contributed by atoms with Crippen LogP contribution in [0.1, 0.15) is 16.8 Å². The number of methoxy groups -OCH3 is 1. The molecule has 1 aliphatic rings. The van der Waals surface area contributed by atoms with Gasteiger partial charge in [0.15, 0.2) is 5.78 Å². The molecule has 0 fully saturated rings. The summed E-state index contributed by atoms with van der Waals surface area (Å²) >= 11 is 0. The van der Waals surface area contributed by atoms with Crippen LogP contribution in [0.5, 0.6) is 0 Å². The highest BCUT2D eigenvalue weighted by atomic mass is 16.5. The zero-order chi connectivity index (χ0) is 11.4. The Kier molecular flexibility index (Phi) is 3.20. The number of hydrogen-bond acceptors (Lipinski definition) is 2. The summed E-state index contributed by atoms with van der Waals surface area (Å²) < 4.78 is 5.09. The Morgan fingerprint density at radius 1 is 1.31 bits per heavy atom. The standard InChI is InChI=1S/C14H14O2/c1-16-13-9-7-12(8-10-13)14(15)11-5-3-2-4-6-11/h2-7,9-10,12H,8H2,1H3. The lowest BCUT2D eigenvalue weighted by atomic mass is 9.91. The van der Waals surface area contributed by atoms with Crippen molar-refractivity contribution in [3.05, 3.63) is 59.9 Å². The van der Waals surface area contributed by atoms with E-state index < -0.39 is 0 Å². The smallest absolute Gasteiger partial charge is 0.170 e. The number of allylic oxidation sites excluding steroid dienone is 3. The van der Waals surface area contributed by atoms with Gasteiger partial charge in [0.05, 0.1) is 7.11 Å². The summed E-state index contributed by atoms with van der Waals surface area (Å²) in [6, 6.07) is 9.39. The monoisotopic (exact) mass is 214 g/mol. The van der Waals surface area contributed by atoms with Gasteiger partial charge in [0.25, 0.3) is 0 Å². The molecule has 1 aliphatic carbocycles. The van der Waals surface area contributed by atoms with Crippen LogP contribution in [0.2, 0.25) is 0 Å². The van der Waals surface area contributed by atoms with Crippen molar-refractivity contribution in [2.45, 2.75) is 6.42 Å². The number of carbonyl (C=O) groups is 1. The molecule has 16 heavy (non-hydrogen) atoms. The molecule has 1 aromatic carbocycles. The predicted molar refractivity (Wildman–Crippen MR) is 63.1 cm³/mol. The van der Waals surface area contributed by atoms with E-state index in [1.165, 1.54) is 0 Å². The van der Waals surface area contributed by atoms with E-state index in [1.807, 2.05) is 48.6 Å². The molecule has 0 spiro atoms. The summed E-state index contributed by atoms with van der Waals surface area (Å²) in [5.41, 5.74) is 0.770. The number of hydrogen-bond donors (Lipinski definition) is 0. The Bertz CT molecular complexity index is 429. The predicted octanol–water partition coefficient (Wildman–Crippen LogP) is 2.98. The van der Waals surface area contributed by atoms with Crippen LogP contribution in [-0.2, 0) is 4.74 Å². The van der Waals surface area contributed by atoms with E-state index >= 15 is 0 Å². The molecule has 0 radical (unpaired) electrons. The molecule has 2 nitrogen and oxygen atoms in total. The number of ether oxygens (including phenoxy) is 1. The third-order valence-electron chi connectivity index (χ3n) is 2.70. The number of ketones is 1. The average molecular weight is 214 g/mol. The first-order valence-electron chi connectivity index (χ1n) is 5.33. The van der Waals surface area contributed by atoms with Crippen molar-refractivity contribution in [1.29, 1.82) is 0 Å². The van der Waals surface area contributed by atoms with Crippen molar-refractivity contribution in [1.82, 2.24) is 0 Å². The van der Waals surface area contributed by atoms with Gasteiger partial charge >= 0.3 is 0 Å². The van der Waals surface area contributed by atoms with Crippen LogP contribution in [0.15, 0.2) is 54.3 Å². The van der Waals surface area contributed by atoms with E-state index in [9.17, 15) is 4.79 Å². The first-order chi connectivity index (χ1) is 7.81. The lowest BCUT2D eigenvalue weighted by Crippen LogP contribution is -2.14. The molecular formula is C14H14O2. The molecule has 0 bridgehead atoms. The average Bonchev–Trinajstić information content (AvgIpc) is 2.39. The Balaban J connectivity index is 2.09. The topological polar surface area (TPSA) is 26.3 Å². The van der Waals surface area contributed by atoms with Crippen molar-refractivity contribution in [3.8, 4) is 0 Å². The van der Waals surface area contributed by atoms with Gasteiger partial charge in [-0.25, -0.2) is 0 Å². The summed E-state index contributed by atoms with van der Waals surface area (Å²) in [4.78, 5) is 12.1. The van der Waals surface area contributed by atoms with Crippen LogP contribution >= 0.6 is 0 Å². The summed E-state index contributed by atoms with van der Waals surface area (Å²) in [5, 5.41) is 0. The molecule has 2 heteroatoms. The molecule has 0 aromatic heterocycles. The molecule has 82 valence electrons. The number of carbonyl (C=O) groups excluding carboxylic acids is 1. The maximum atomic E-state index is 12.1. The van der Waals surface area contributed by atoms with Gasteiger partial charge < -0.3 is 4.74 Å².